The fraction of sp³-hybridized carbons (Fsp3) is 0. The second kappa shape index (κ2) is 13.5. The molecule has 0 saturated carbocycles. The van der Waals surface area contributed by atoms with Crippen LogP contribution in [-0.2, 0) is 0 Å². The molecule has 66 heavy (non-hydrogen) atoms. The van der Waals surface area contributed by atoms with E-state index >= 15 is 0 Å². The number of fused-ring (bicyclic) bond motifs is 12. The zero-order valence-corrected chi connectivity index (χ0v) is 35.9. The Kier molecular flexibility index (Phi) is 7.31. The summed E-state index contributed by atoms with van der Waals surface area (Å²) in [6, 6.07) is 86.7. The van der Waals surface area contributed by atoms with Crippen molar-refractivity contribution in [3.63, 3.8) is 0 Å². The highest BCUT2D eigenvalue weighted by Gasteiger charge is 2.29. The van der Waals surface area contributed by atoms with Crippen LogP contribution in [0.2, 0.25) is 0 Å². The topological polar surface area (TPSA) is 0 Å². The first-order valence-corrected chi connectivity index (χ1v) is 23.1. The summed E-state index contributed by atoms with van der Waals surface area (Å²) < 4.78 is 0. The fourth-order valence-electron chi connectivity index (χ4n) is 12.1. The van der Waals surface area contributed by atoms with Crippen LogP contribution in [0.1, 0.15) is 0 Å². The highest BCUT2D eigenvalue weighted by molar-refractivity contribution is 6.40. The lowest BCUT2D eigenvalue weighted by Crippen LogP contribution is -1.95. The van der Waals surface area contributed by atoms with Crippen molar-refractivity contribution >= 4 is 86.2 Å². The summed E-state index contributed by atoms with van der Waals surface area (Å²) in [5.41, 5.74) is 15.1. The SMILES string of the molecule is c1ccc(-c2ccc3c(c2)c2cc(-c4ccccc4)ccc2c2c(-c4ccccc4)c4cc5c(cc4c(-c4ccccc4)c32)-c2ccc3c4cccc6cccc(c7ccc-5c2c37)c64)cc1. The Labute approximate surface area is 381 Å². The third-order valence-corrected chi connectivity index (χ3v) is 14.9. The van der Waals surface area contributed by atoms with Gasteiger partial charge in [0, 0.05) is 0 Å². The molecule has 1 aliphatic carbocycles. The molecule has 0 bridgehead atoms. The first-order valence-electron chi connectivity index (χ1n) is 23.1. The summed E-state index contributed by atoms with van der Waals surface area (Å²) in [6.07, 6.45) is 0. The smallest absolute Gasteiger partial charge is 0.000763 e. The molecule has 0 heterocycles. The third-order valence-electron chi connectivity index (χ3n) is 14.9. The Morgan fingerprint density at radius 2 is 0.545 bits per heavy atom. The average molecular weight is 831 g/mol. The molecule has 0 radical (unpaired) electrons. The quantitative estimate of drug-likeness (QED) is 0.122. The highest BCUT2D eigenvalue weighted by Crippen LogP contribution is 2.57. The molecule has 0 saturated heterocycles. The minimum absolute atomic E-state index is 1.22. The molecule has 1 aliphatic rings. The van der Waals surface area contributed by atoms with Crippen molar-refractivity contribution in [1.82, 2.24) is 0 Å². The van der Waals surface area contributed by atoms with Crippen molar-refractivity contribution in [1.29, 1.82) is 0 Å². The Bertz CT molecular complexity index is 4060. The van der Waals surface area contributed by atoms with Crippen molar-refractivity contribution in [2.45, 2.75) is 0 Å². The molecule has 0 aliphatic heterocycles. The summed E-state index contributed by atoms with van der Waals surface area (Å²) >= 11 is 0. The maximum atomic E-state index is 2.56. The van der Waals surface area contributed by atoms with Crippen LogP contribution >= 0.6 is 0 Å². The molecule has 0 nitrogen and oxygen atoms in total. The molecular weight excluding hydrogens is 793 g/mol. The standard InChI is InChI=1S/C66H38/c1-5-15-39(16-6-1)44-27-29-52-54(35-44)55-36-45(40-17-7-2-8-18-40)28-30-53(55)66-62(43-21-11-4-12-22-43)59-38-57-51-34-32-49-47-26-14-24-41-23-13-25-46(60(41)47)48-31-33-50(64(51)63(48)49)56(57)37-58(59)61(65(52)66)42-19-9-3-10-20-42/h1-38H. The largest absolute Gasteiger partial charge is 0.0622 e. The molecule has 0 N–H and O–H groups in total. The van der Waals surface area contributed by atoms with E-state index < -0.39 is 0 Å². The van der Waals surface area contributed by atoms with E-state index in [4.69, 9.17) is 0 Å². The van der Waals surface area contributed by atoms with E-state index in [1.54, 1.807) is 0 Å². The van der Waals surface area contributed by atoms with Crippen LogP contribution in [0.3, 0.4) is 0 Å². The Morgan fingerprint density at radius 1 is 0.167 bits per heavy atom. The molecule has 0 unspecified atom stereocenters. The lowest BCUT2D eigenvalue weighted by atomic mass is 9.80. The Balaban J connectivity index is 1.15. The summed E-state index contributed by atoms with van der Waals surface area (Å²) in [6.45, 7) is 0. The van der Waals surface area contributed by atoms with E-state index in [2.05, 4.69) is 231 Å². The second-order valence-corrected chi connectivity index (χ2v) is 18.2. The molecule has 302 valence electrons. The van der Waals surface area contributed by atoms with Gasteiger partial charge in [-0.3, -0.25) is 0 Å². The molecule has 0 fully saturated rings. The van der Waals surface area contributed by atoms with Gasteiger partial charge in [-0.25, -0.2) is 0 Å². The van der Waals surface area contributed by atoms with Gasteiger partial charge in [0.15, 0.2) is 0 Å². The molecule has 0 aromatic heterocycles. The Hall–Kier alpha value is -8.58. The van der Waals surface area contributed by atoms with Crippen molar-refractivity contribution in [2.24, 2.45) is 0 Å². The zero-order valence-electron chi connectivity index (χ0n) is 35.9. The summed E-state index contributed by atoms with van der Waals surface area (Å²) in [5, 5.41) is 20.9. The van der Waals surface area contributed by atoms with E-state index in [1.165, 1.54) is 153 Å². The maximum Gasteiger partial charge on any atom is -0.000763 e. The first kappa shape index (κ1) is 35.8. The molecule has 0 heteroatoms. The second-order valence-electron chi connectivity index (χ2n) is 18.2. The normalized spacial score (nSPS) is 12.2. The number of hydrogen-bond donors (Lipinski definition) is 0. The van der Waals surface area contributed by atoms with Crippen LogP contribution in [0.5, 0.6) is 0 Å². The minimum atomic E-state index is 1.22. The molecule has 15 rings (SSSR count). The van der Waals surface area contributed by atoms with Crippen molar-refractivity contribution in [2.75, 3.05) is 0 Å². The van der Waals surface area contributed by atoms with E-state index in [-0.39, 0.29) is 0 Å². The van der Waals surface area contributed by atoms with Crippen LogP contribution in [0.25, 0.3) is 153 Å². The molecule has 0 atom stereocenters. The van der Waals surface area contributed by atoms with Gasteiger partial charge in [0.05, 0.1) is 0 Å². The van der Waals surface area contributed by atoms with Crippen LogP contribution in [0.4, 0.5) is 0 Å². The Morgan fingerprint density at radius 3 is 0.985 bits per heavy atom. The van der Waals surface area contributed by atoms with Gasteiger partial charge in [-0.1, -0.05) is 206 Å². The summed E-state index contributed by atoms with van der Waals surface area (Å²) in [4.78, 5) is 0. The summed E-state index contributed by atoms with van der Waals surface area (Å²) in [7, 11) is 0. The van der Waals surface area contributed by atoms with Gasteiger partial charge in [0.2, 0.25) is 0 Å². The molecule has 14 aromatic rings. The lowest BCUT2D eigenvalue weighted by molar-refractivity contribution is 1.64. The van der Waals surface area contributed by atoms with Gasteiger partial charge in [-0.05, 0) is 177 Å². The van der Waals surface area contributed by atoms with E-state index in [9.17, 15) is 0 Å². The fourth-order valence-corrected chi connectivity index (χ4v) is 12.1. The lowest BCUT2D eigenvalue weighted by Gasteiger charge is -2.23. The van der Waals surface area contributed by atoms with Crippen LogP contribution in [-0.4, -0.2) is 0 Å². The number of rotatable bonds is 4. The van der Waals surface area contributed by atoms with Gasteiger partial charge in [0.1, 0.15) is 0 Å². The minimum Gasteiger partial charge on any atom is -0.0622 e. The zero-order chi connectivity index (χ0) is 43.0. The predicted molar refractivity (Wildman–Crippen MR) is 284 cm³/mol. The van der Waals surface area contributed by atoms with Gasteiger partial charge >= 0.3 is 0 Å². The average Bonchev–Trinajstić information content (AvgIpc) is 3.71. The van der Waals surface area contributed by atoms with Gasteiger partial charge in [-0.15, -0.1) is 0 Å². The van der Waals surface area contributed by atoms with E-state index in [0.29, 0.717) is 0 Å². The predicted octanol–water partition coefficient (Wildman–Crippen LogP) is 18.7. The van der Waals surface area contributed by atoms with Crippen molar-refractivity contribution in [3.05, 3.63) is 231 Å². The monoisotopic (exact) mass is 830 g/mol. The van der Waals surface area contributed by atoms with Crippen molar-refractivity contribution < 1.29 is 0 Å². The van der Waals surface area contributed by atoms with Gasteiger partial charge in [0.25, 0.3) is 0 Å². The maximum absolute atomic E-state index is 2.56. The molecule has 0 amide bonds. The molecular formula is C66H38. The van der Waals surface area contributed by atoms with Crippen LogP contribution in [0, 0.1) is 0 Å². The van der Waals surface area contributed by atoms with Crippen LogP contribution in [0.15, 0.2) is 231 Å². The van der Waals surface area contributed by atoms with Crippen LogP contribution < -0.4 is 0 Å². The van der Waals surface area contributed by atoms with E-state index in [1.807, 2.05) is 0 Å². The van der Waals surface area contributed by atoms with Gasteiger partial charge in [-0.2, -0.15) is 0 Å². The first-order chi connectivity index (χ1) is 32.8. The van der Waals surface area contributed by atoms with Gasteiger partial charge < -0.3 is 0 Å². The number of benzene rings is 14. The molecule has 0 spiro atoms. The third kappa shape index (κ3) is 4.88. The summed E-state index contributed by atoms with van der Waals surface area (Å²) in [5.74, 6) is 0. The molecule has 14 aromatic carbocycles. The van der Waals surface area contributed by atoms with E-state index in [0.717, 1.165) is 0 Å². The number of hydrogen-bond acceptors (Lipinski definition) is 0. The highest BCUT2D eigenvalue weighted by atomic mass is 14.3. The van der Waals surface area contributed by atoms with Crippen molar-refractivity contribution in [3.8, 4) is 66.8 Å².